The largest absolute Gasteiger partial charge is 0.236 e. The van der Waals surface area contributed by atoms with E-state index < -0.39 is 0 Å². The van der Waals surface area contributed by atoms with Gasteiger partial charge in [-0.15, -0.1) is 0 Å². The molecule has 0 N–H and O–H groups in total. The van der Waals surface area contributed by atoms with Crippen molar-refractivity contribution in [1.29, 1.82) is 0 Å². The van der Waals surface area contributed by atoms with E-state index in [4.69, 9.17) is 0 Å². The second-order valence-corrected chi connectivity index (χ2v) is 9.68. The molecule has 2 nitrogen and oxygen atoms in total. The predicted octanol–water partition coefficient (Wildman–Crippen LogP) is 8.98. The first-order chi connectivity index (χ1) is 15.2. The maximum absolute atomic E-state index is 4.63. The summed E-state index contributed by atoms with van der Waals surface area (Å²) >= 11 is 0. The van der Waals surface area contributed by atoms with Crippen molar-refractivity contribution in [2.75, 3.05) is 0 Å². The molecule has 172 valence electrons. The summed E-state index contributed by atoms with van der Waals surface area (Å²) in [5.74, 6) is 1.71. The first-order valence-electron chi connectivity index (χ1n) is 13.1. The van der Waals surface area contributed by atoms with Gasteiger partial charge in [0.25, 0.3) is 0 Å². The smallest absolute Gasteiger partial charge is 0.159 e. The van der Waals surface area contributed by atoms with E-state index >= 15 is 0 Å². The lowest BCUT2D eigenvalue weighted by molar-refractivity contribution is 0.509. The van der Waals surface area contributed by atoms with E-state index in [0.717, 1.165) is 23.7 Å². The Morgan fingerprint density at radius 3 is 1.71 bits per heavy atom. The molecule has 0 aliphatic heterocycles. The Labute approximate surface area is 192 Å². The van der Waals surface area contributed by atoms with Crippen molar-refractivity contribution in [1.82, 2.24) is 9.97 Å². The van der Waals surface area contributed by atoms with E-state index in [1.54, 1.807) is 0 Å². The van der Waals surface area contributed by atoms with Crippen LogP contribution in [-0.4, -0.2) is 9.97 Å². The van der Waals surface area contributed by atoms with Crippen molar-refractivity contribution in [3.63, 3.8) is 0 Å². The monoisotopic (exact) mass is 422 g/mol. The molecule has 0 fully saturated rings. The van der Waals surface area contributed by atoms with Crippen molar-refractivity contribution in [3.05, 3.63) is 47.8 Å². The predicted molar refractivity (Wildman–Crippen MR) is 135 cm³/mol. The third-order valence-corrected chi connectivity index (χ3v) is 6.23. The lowest BCUT2D eigenvalue weighted by Crippen LogP contribution is -1.94. The molecule has 2 aromatic rings. The van der Waals surface area contributed by atoms with E-state index in [-0.39, 0.29) is 0 Å². The Morgan fingerprint density at radius 2 is 1.13 bits per heavy atom. The summed E-state index contributed by atoms with van der Waals surface area (Å²) in [6, 6.07) is 8.85. The fraction of sp³-hybridized carbons (Fsp3) is 0.655. The Kier molecular flexibility index (Phi) is 13.2. The summed E-state index contributed by atoms with van der Waals surface area (Å²) in [6.07, 6.45) is 24.0. The van der Waals surface area contributed by atoms with Crippen LogP contribution in [0.4, 0.5) is 0 Å². The van der Waals surface area contributed by atoms with Gasteiger partial charge in [-0.3, -0.25) is 0 Å². The molecule has 0 aliphatic rings. The van der Waals surface area contributed by atoms with Crippen LogP contribution in [0.3, 0.4) is 0 Å². The van der Waals surface area contributed by atoms with E-state index in [2.05, 4.69) is 55.0 Å². The quantitative estimate of drug-likeness (QED) is 0.238. The molecule has 0 saturated carbocycles. The van der Waals surface area contributed by atoms with Crippen LogP contribution in [0.5, 0.6) is 0 Å². The van der Waals surface area contributed by atoms with Crippen LogP contribution in [0.1, 0.15) is 115 Å². The van der Waals surface area contributed by atoms with Crippen molar-refractivity contribution >= 4 is 0 Å². The molecule has 0 amide bonds. The van der Waals surface area contributed by atoms with Crippen molar-refractivity contribution in [2.45, 2.75) is 117 Å². The average Bonchev–Trinajstić information content (AvgIpc) is 2.78. The van der Waals surface area contributed by atoms with Crippen LogP contribution in [0.15, 0.2) is 36.7 Å². The number of benzene rings is 1. The number of aromatic nitrogens is 2. The highest BCUT2D eigenvalue weighted by atomic mass is 14.9. The molecule has 0 radical (unpaired) electrons. The van der Waals surface area contributed by atoms with Crippen LogP contribution in [0.25, 0.3) is 11.4 Å². The molecule has 1 aromatic carbocycles. The Balaban J connectivity index is 1.61. The minimum Gasteiger partial charge on any atom is -0.236 e. The number of aryl methyl sites for hydroxylation is 2. The van der Waals surface area contributed by atoms with Gasteiger partial charge in [-0.1, -0.05) is 116 Å². The van der Waals surface area contributed by atoms with E-state index in [1.807, 2.05) is 12.4 Å². The zero-order valence-electron chi connectivity index (χ0n) is 20.5. The second-order valence-electron chi connectivity index (χ2n) is 9.68. The van der Waals surface area contributed by atoms with Gasteiger partial charge in [-0.25, -0.2) is 9.97 Å². The summed E-state index contributed by atoms with van der Waals surface area (Å²) in [4.78, 5) is 9.25. The molecule has 2 rings (SSSR count). The van der Waals surface area contributed by atoms with Gasteiger partial charge in [-0.05, 0) is 42.7 Å². The van der Waals surface area contributed by atoms with Gasteiger partial charge in [-0.2, -0.15) is 0 Å². The molecule has 0 bridgehead atoms. The molecule has 0 aliphatic carbocycles. The maximum Gasteiger partial charge on any atom is 0.159 e. The fourth-order valence-electron chi connectivity index (χ4n) is 4.15. The average molecular weight is 423 g/mol. The van der Waals surface area contributed by atoms with E-state index in [1.165, 1.54) is 101 Å². The fourth-order valence-corrected chi connectivity index (χ4v) is 4.15. The summed E-state index contributed by atoms with van der Waals surface area (Å²) in [5, 5.41) is 0. The van der Waals surface area contributed by atoms with Gasteiger partial charge in [0.1, 0.15) is 0 Å². The first kappa shape index (κ1) is 25.6. The van der Waals surface area contributed by atoms with Gasteiger partial charge in [0.15, 0.2) is 5.82 Å². The molecule has 1 aromatic heterocycles. The molecule has 0 unspecified atom stereocenters. The van der Waals surface area contributed by atoms with E-state index in [9.17, 15) is 0 Å². The molecular weight excluding hydrogens is 376 g/mol. The number of nitrogens with zero attached hydrogens (tertiary/aromatic N) is 2. The van der Waals surface area contributed by atoms with Crippen LogP contribution >= 0.6 is 0 Å². The highest BCUT2D eigenvalue weighted by molar-refractivity contribution is 5.55. The van der Waals surface area contributed by atoms with Crippen LogP contribution in [-0.2, 0) is 12.8 Å². The normalized spacial score (nSPS) is 11.4. The third-order valence-electron chi connectivity index (χ3n) is 6.23. The lowest BCUT2D eigenvalue weighted by atomic mass is 10.0. The summed E-state index contributed by atoms with van der Waals surface area (Å²) in [7, 11) is 0. The number of unbranched alkanes of at least 4 members (excludes halogenated alkanes) is 10. The maximum atomic E-state index is 4.63. The SMILES string of the molecule is CCCCCCCc1ccc(-c2ncc(CCCCCCCCCC(C)C)cn2)cc1. The van der Waals surface area contributed by atoms with Gasteiger partial charge >= 0.3 is 0 Å². The van der Waals surface area contributed by atoms with Gasteiger partial charge in [0.2, 0.25) is 0 Å². The zero-order chi connectivity index (χ0) is 22.2. The lowest BCUT2D eigenvalue weighted by Gasteiger charge is -2.06. The Hall–Kier alpha value is -1.70. The summed E-state index contributed by atoms with van der Waals surface area (Å²) in [6.45, 7) is 6.91. The Morgan fingerprint density at radius 1 is 0.613 bits per heavy atom. The minimum atomic E-state index is 0.847. The number of hydrogen-bond donors (Lipinski definition) is 0. The summed E-state index contributed by atoms with van der Waals surface area (Å²) in [5.41, 5.74) is 3.82. The topological polar surface area (TPSA) is 25.8 Å². The first-order valence-corrected chi connectivity index (χ1v) is 13.1. The molecule has 0 saturated heterocycles. The van der Waals surface area contributed by atoms with Crippen molar-refractivity contribution < 1.29 is 0 Å². The molecule has 31 heavy (non-hydrogen) atoms. The van der Waals surface area contributed by atoms with Gasteiger partial charge in [0.05, 0.1) is 0 Å². The van der Waals surface area contributed by atoms with Crippen LogP contribution in [0, 0.1) is 5.92 Å². The van der Waals surface area contributed by atoms with Gasteiger partial charge in [0, 0.05) is 18.0 Å². The minimum absolute atomic E-state index is 0.847. The zero-order valence-corrected chi connectivity index (χ0v) is 20.5. The third kappa shape index (κ3) is 11.5. The van der Waals surface area contributed by atoms with Crippen LogP contribution < -0.4 is 0 Å². The highest BCUT2D eigenvalue weighted by Crippen LogP contribution is 2.18. The summed E-state index contributed by atoms with van der Waals surface area (Å²) < 4.78 is 0. The number of rotatable bonds is 17. The van der Waals surface area contributed by atoms with Gasteiger partial charge < -0.3 is 0 Å². The van der Waals surface area contributed by atoms with Crippen molar-refractivity contribution in [3.8, 4) is 11.4 Å². The molecular formula is C29H46N2. The molecule has 2 heteroatoms. The molecule has 0 atom stereocenters. The van der Waals surface area contributed by atoms with E-state index in [0.29, 0.717) is 0 Å². The second kappa shape index (κ2) is 16.0. The Bertz CT molecular complexity index is 673. The molecule has 1 heterocycles. The van der Waals surface area contributed by atoms with Crippen LogP contribution in [0.2, 0.25) is 0 Å². The standard InChI is InChI=1S/C29H46N2/c1-4-5-6-10-14-17-26-19-21-28(22-20-26)29-30-23-27(24-31-29)18-15-12-9-7-8-11-13-16-25(2)3/h19-25H,4-18H2,1-3H3. The van der Waals surface area contributed by atoms with Crippen molar-refractivity contribution in [2.24, 2.45) is 5.92 Å². The number of hydrogen-bond acceptors (Lipinski definition) is 2. The highest BCUT2D eigenvalue weighted by Gasteiger charge is 2.03. The molecule has 0 spiro atoms.